The van der Waals surface area contributed by atoms with Gasteiger partial charge in [0.25, 0.3) is 0 Å². The largest absolute Gasteiger partial charge is 0.481 e. The summed E-state index contributed by atoms with van der Waals surface area (Å²) in [6, 6.07) is 8.37. The first-order valence-corrected chi connectivity index (χ1v) is 5.93. The molecule has 3 heteroatoms. The fourth-order valence-corrected chi connectivity index (χ4v) is 2.32. The number of carboxylic acids is 1. The van der Waals surface area contributed by atoms with E-state index in [4.69, 9.17) is 5.11 Å². The highest BCUT2D eigenvalue weighted by atomic mass is 16.4. The van der Waals surface area contributed by atoms with Crippen LogP contribution in [-0.4, -0.2) is 15.6 Å². The molecule has 0 unspecified atom stereocenters. The smallest absolute Gasteiger partial charge is 0.305 e. The Morgan fingerprint density at radius 1 is 1.41 bits per heavy atom. The number of carbonyl (C=O) groups is 1. The zero-order chi connectivity index (χ0) is 12.4. The fourth-order valence-electron chi connectivity index (χ4n) is 2.32. The quantitative estimate of drug-likeness (QED) is 0.879. The van der Waals surface area contributed by atoms with Gasteiger partial charge < -0.3 is 9.67 Å². The van der Waals surface area contributed by atoms with E-state index in [9.17, 15) is 4.79 Å². The fraction of sp³-hybridized carbons (Fsp3) is 0.357. The van der Waals surface area contributed by atoms with Gasteiger partial charge in [0.15, 0.2) is 0 Å². The molecule has 0 bridgehead atoms. The van der Waals surface area contributed by atoms with Crippen LogP contribution in [0.2, 0.25) is 0 Å². The summed E-state index contributed by atoms with van der Waals surface area (Å²) < 4.78 is 2.11. The maximum absolute atomic E-state index is 10.7. The van der Waals surface area contributed by atoms with E-state index < -0.39 is 5.97 Å². The lowest BCUT2D eigenvalue weighted by atomic mass is 10.1. The molecule has 90 valence electrons. The highest BCUT2D eigenvalue weighted by Crippen LogP contribution is 2.24. The van der Waals surface area contributed by atoms with Crippen molar-refractivity contribution >= 4 is 16.9 Å². The molecule has 0 saturated heterocycles. The van der Waals surface area contributed by atoms with Crippen LogP contribution < -0.4 is 0 Å². The van der Waals surface area contributed by atoms with E-state index in [1.54, 1.807) is 0 Å². The molecule has 0 aliphatic rings. The van der Waals surface area contributed by atoms with E-state index in [2.05, 4.69) is 35.8 Å². The summed E-state index contributed by atoms with van der Waals surface area (Å²) in [5.74, 6) is -0.750. The topological polar surface area (TPSA) is 42.2 Å². The van der Waals surface area contributed by atoms with Gasteiger partial charge in [0.1, 0.15) is 0 Å². The minimum absolute atomic E-state index is 0.169. The monoisotopic (exact) mass is 231 g/mol. The van der Waals surface area contributed by atoms with Crippen molar-refractivity contribution in [2.24, 2.45) is 0 Å². The van der Waals surface area contributed by atoms with Crippen molar-refractivity contribution < 1.29 is 9.90 Å². The molecule has 17 heavy (non-hydrogen) atoms. The standard InChI is InChI=1S/C14H17NO2/c1-3-11-5-4-6-12-9-10(2)15(14(11)12)8-7-13(16)17/h4-6,9H,3,7-8H2,1-2H3,(H,16,17). The van der Waals surface area contributed by atoms with Crippen LogP contribution in [0.25, 0.3) is 10.9 Å². The summed E-state index contributed by atoms with van der Waals surface area (Å²) in [5, 5.41) is 9.99. The molecule has 0 aliphatic heterocycles. The van der Waals surface area contributed by atoms with Crippen LogP contribution in [-0.2, 0) is 17.8 Å². The third-order valence-electron chi connectivity index (χ3n) is 3.14. The molecule has 1 aromatic heterocycles. The van der Waals surface area contributed by atoms with Gasteiger partial charge in [-0.1, -0.05) is 25.1 Å². The normalized spacial score (nSPS) is 10.9. The van der Waals surface area contributed by atoms with Crippen molar-refractivity contribution in [3.8, 4) is 0 Å². The first-order valence-electron chi connectivity index (χ1n) is 5.93. The van der Waals surface area contributed by atoms with E-state index in [0.29, 0.717) is 6.54 Å². The van der Waals surface area contributed by atoms with Crippen molar-refractivity contribution in [3.63, 3.8) is 0 Å². The van der Waals surface area contributed by atoms with Gasteiger partial charge in [-0.25, -0.2) is 0 Å². The van der Waals surface area contributed by atoms with Crippen LogP contribution in [0.4, 0.5) is 0 Å². The Bertz CT molecular complexity index is 555. The number of rotatable bonds is 4. The Hall–Kier alpha value is -1.77. The van der Waals surface area contributed by atoms with Crippen LogP contribution in [0, 0.1) is 6.92 Å². The molecule has 0 atom stereocenters. The molecular weight excluding hydrogens is 214 g/mol. The Morgan fingerprint density at radius 2 is 2.18 bits per heavy atom. The molecule has 0 saturated carbocycles. The highest BCUT2D eigenvalue weighted by Gasteiger charge is 2.09. The van der Waals surface area contributed by atoms with E-state index in [-0.39, 0.29) is 6.42 Å². The molecular formula is C14H17NO2. The Labute approximate surface area is 101 Å². The van der Waals surface area contributed by atoms with Gasteiger partial charge >= 0.3 is 5.97 Å². The van der Waals surface area contributed by atoms with Crippen LogP contribution in [0.5, 0.6) is 0 Å². The average Bonchev–Trinajstić information content (AvgIpc) is 2.61. The van der Waals surface area contributed by atoms with Crippen LogP contribution in [0.3, 0.4) is 0 Å². The van der Waals surface area contributed by atoms with Gasteiger partial charge in [0.05, 0.1) is 11.9 Å². The van der Waals surface area contributed by atoms with Gasteiger partial charge in [-0.15, -0.1) is 0 Å². The molecule has 1 heterocycles. The summed E-state index contributed by atoms with van der Waals surface area (Å²) in [6.45, 7) is 4.70. The third kappa shape index (κ3) is 2.18. The van der Waals surface area contributed by atoms with Crippen molar-refractivity contribution in [3.05, 3.63) is 35.5 Å². The predicted octanol–water partition coefficient (Wildman–Crippen LogP) is 2.99. The van der Waals surface area contributed by atoms with Crippen molar-refractivity contribution in [1.29, 1.82) is 0 Å². The van der Waals surface area contributed by atoms with E-state index in [0.717, 1.165) is 12.1 Å². The molecule has 0 aliphatic carbocycles. The molecule has 2 rings (SSSR count). The average molecular weight is 231 g/mol. The van der Waals surface area contributed by atoms with Gasteiger partial charge in [-0.05, 0) is 25.0 Å². The molecule has 0 spiro atoms. The van der Waals surface area contributed by atoms with Gasteiger partial charge in [-0.2, -0.15) is 0 Å². The summed E-state index contributed by atoms with van der Waals surface area (Å²) in [7, 11) is 0. The maximum atomic E-state index is 10.7. The number of aryl methyl sites for hydroxylation is 3. The second kappa shape index (κ2) is 4.62. The lowest BCUT2D eigenvalue weighted by molar-refractivity contribution is -0.137. The number of para-hydroxylation sites is 1. The molecule has 1 aromatic carbocycles. The van der Waals surface area contributed by atoms with Gasteiger partial charge in [-0.3, -0.25) is 4.79 Å². The first kappa shape index (κ1) is 11.7. The number of carboxylic acid groups (broad SMARTS) is 1. The van der Waals surface area contributed by atoms with Crippen molar-refractivity contribution in [2.75, 3.05) is 0 Å². The molecule has 2 aromatic rings. The second-order valence-corrected chi connectivity index (χ2v) is 4.29. The number of aromatic nitrogens is 1. The van der Waals surface area contributed by atoms with E-state index in [1.807, 2.05) is 6.92 Å². The Kier molecular flexibility index (Phi) is 3.18. The number of aliphatic carboxylic acids is 1. The number of hydrogen-bond donors (Lipinski definition) is 1. The van der Waals surface area contributed by atoms with Crippen molar-refractivity contribution in [1.82, 2.24) is 4.57 Å². The zero-order valence-corrected chi connectivity index (χ0v) is 10.2. The lowest BCUT2D eigenvalue weighted by Crippen LogP contribution is -2.06. The van der Waals surface area contributed by atoms with Crippen LogP contribution in [0.15, 0.2) is 24.3 Å². The minimum Gasteiger partial charge on any atom is -0.481 e. The van der Waals surface area contributed by atoms with Gasteiger partial charge in [0.2, 0.25) is 0 Å². The summed E-state index contributed by atoms with van der Waals surface area (Å²) in [6.07, 6.45) is 1.14. The summed E-state index contributed by atoms with van der Waals surface area (Å²) in [5.41, 5.74) is 3.59. The highest BCUT2D eigenvalue weighted by molar-refractivity contribution is 5.84. The van der Waals surface area contributed by atoms with Crippen LogP contribution in [0.1, 0.15) is 24.6 Å². The Morgan fingerprint density at radius 3 is 2.82 bits per heavy atom. The van der Waals surface area contributed by atoms with Crippen molar-refractivity contribution in [2.45, 2.75) is 33.2 Å². The number of fused-ring (bicyclic) bond motifs is 1. The molecule has 0 amide bonds. The zero-order valence-electron chi connectivity index (χ0n) is 10.2. The summed E-state index contributed by atoms with van der Waals surface area (Å²) >= 11 is 0. The summed E-state index contributed by atoms with van der Waals surface area (Å²) in [4.78, 5) is 10.7. The third-order valence-corrected chi connectivity index (χ3v) is 3.14. The first-order chi connectivity index (χ1) is 8.13. The number of benzene rings is 1. The SMILES string of the molecule is CCc1cccc2cc(C)n(CCC(=O)O)c12. The molecule has 1 N–H and O–H groups in total. The molecule has 0 radical (unpaired) electrons. The number of nitrogens with zero attached hydrogens (tertiary/aromatic N) is 1. The minimum atomic E-state index is -0.750. The Balaban J connectivity index is 2.52. The van der Waals surface area contributed by atoms with Crippen LogP contribution >= 0.6 is 0 Å². The maximum Gasteiger partial charge on any atom is 0.305 e. The van der Waals surface area contributed by atoms with E-state index >= 15 is 0 Å². The second-order valence-electron chi connectivity index (χ2n) is 4.29. The number of hydrogen-bond acceptors (Lipinski definition) is 1. The lowest BCUT2D eigenvalue weighted by Gasteiger charge is -2.09. The molecule has 3 nitrogen and oxygen atoms in total. The van der Waals surface area contributed by atoms with Gasteiger partial charge in [0, 0.05) is 17.6 Å². The predicted molar refractivity (Wildman–Crippen MR) is 68.3 cm³/mol. The van der Waals surface area contributed by atoms with E-state index in [1.165, 1.54) is 16.5 Å². The molecule has 0 fully saturated rings.